The van der Waals surface area contributed by atoms with Gasteiger partial charge in [-0.3, -0.25) is 0 Å². The predicted molar refractivity (Wildman–Crippen MR) is 68.8 cm³/mol. The number of halogens is 3. The molecule has 0 aliphatic heterocycles. The molecule has 0 aromatic heterocycles. The highest BCUT2D eigenvalue weighted by molar-refractivity contribution is 5.87. The lowest BCUT2D eigenvalue weighted by Gasteiger charge is -2.06. The summed E-state index contributed by atoms with van der Waals surface area (Å²) in [5.41, 5.74) is -0.407. The first-order valence-corrected chi connectivity index (χ1v) is 6.80. The van der Waals surface area contributed by atoms with Gasteiger partial charge in [0.15, 0.2) is 0 Å². The highest BCUT2D eigenvalue weighted by Gasteiger charge is 2.25. The van der Waals surface area contributed by atoms with E-state index in [0.717, 1.165) is 26.2 Å². The lowest BCUT2D eigenvalue weighted by molar-refractivity contribution is -0.139. The van der Waals surface area contributed by atoms with Crippen LogP contribution in [-0.4, -0.2) is 18.8 Å². The summed E-state index contributed by atoms with van der Waals surface area (Å²) in [6, 6.07) is 0. The lowest BCUT2D eigenvalue weighted by Crippen LogP contribution is -2.11. The first kappa shape index (κ1) is 18.0. The fourth-order valence-electron chi connectivity index (χ4n) is 1.64. The Kier molecular flexibility index (Phi) is 9.35. The van der Waals surface area contributed by atoms with E-state index in [1.807, 2.05) is 0 Å². The van der Waals surface area contributed by atoms with Gasteiger partial charge in [0.05, 0.1) is 6.61 Å². The highest BCUT2D eigenvalue weighted by atomic mass is 19.4. The quantitative estimate of drug-likeness (QED) is 0.345. The van der Waals surface area contributed by atoms with Gasteiger partial charge in [-0.15, -0.1) is 0 Å². The molecule has 0 fully saturated rings. The van der Waals surface area contributed by atoms with Gasteiger partial charge < -0.3 is 4.74 Å². The van der Waals surface area contributed by atoms with E-state index in [9.17, 15) is 18.0 Å². The Morgan fingerprint density at radius 2 is 1.58 bits per heavy atom. The molecule has 0 aromatic rings. The van der Waals surface area contributed by atoms with Gasteiger partial charge in [0.2, 0.25) is 0 Å². The summed E-state index contributed by atoms with van der Waals surface area (Å²) < 4.78 is 40.7. The van der Waals surface area contributed by atoms with E-state index < -0.39 is 17.7 Å². The van der Waals surface area contributed by atoms with Crippen molar-refractivity contribution < 1.29 is 22.7 Å². The molecule has 0 spiro atoms. The van der Waals surface area contributed by atoms with E-state index >= 15 is 0 Å². The standard InChI is InChI=1S/C14H23F3O2/c1-3-4-5-6-7-8-9-10-19-13(18)12(2)11-14(15,16)17/h11H,3-10H2,1-2H3. The van der Waals surface area contributed by atoms with Crippen LogP contribution in [0.5, 0.6) is 0 Å². The van der Waals surface area contributed by atoms with Crippen LogP contribution in [0.25, 0.3) is 0 Å². The van der Waals surface area contributed by atoms with Crippen LogP contribution in [0.15, 0.2) is 11.6 Å². The molecule has 0 saturated carbocycles. The second-order valence-corrected chi connectivity index (χ2v) is 4.63. The molecule has 0 unspecified atom stereocenters. The van der Waals surface area contributed by atoms with Gasteiger partial charge in [0, 0.05) is 11.6 Å². The fraction of sp³-hybridized carbons (Fsp3) is 0.786. The molecule has 0 rings (SSSR count). The Labute approximate surface area is 113 Å². The summed E-state index contributed by atoms with van der Waals surface area (Å²) in [5.74, 6) is -0.886. The molecule has 0 bridgehead atoms. The minimum Gasteiger partial charge on any atom is -0.462 e. The van der Waals surface area contributed by atoms with Crippen molar-refractivity contribution >= 4 is 5.97 Å². The maximum absolute atomic E-state index is 12.0. The Hall–Kier alpha value is -1.00. The molecule has 0 amide bonds. The SMILES string of the molecule is CCCCCCCCCOC(=O)C(C)=CC(F)(F)F. The molecule has 0 aliphatic rings. The smallest absolute Gasteiger partial charge is 0.410 e. The summed E-state index contributed by atoms with van der Waals surface area (Å²) >= 11 is 0. The van der Waals surface area contributed by atoms with Gasteiger partial charge in [-0.1, -0.05) is 45.4 Å². The van der Waals surface area contributed by atoms with E-state index in [0.29, 0.717) is 6.42 Å². The van der Waals surface area contributed by atoms with Crippen molar-refractivity contribution in [3.05, 3.63) is 11.6 Å². The van der Waals surface area contributed by atoms with Crippen LogP contribution in [-0.2, 0) is 9.53 Å². The zero-order chi connectivity index (χ0) is 14.7. The highest BCUT2D eigenvalue weighted by Crippen LogP contribution is 2.19. The number of carbonyl (C=O) groups is 1. The first-order chi connectivity index (χ1) is 8.87. The monoisotopic (exact) mass is 280 g/mol. The second-order valence-electron chi connectivity index (χ2n) is 4.63. The van der Waals surface area contributed by atoms with Gasteiger partial charge in [-0.05, 0) is 13.3 Å². The van der Waals surface area contributed by atoms with Crippen molar-refractivity contribution in [3.8, 4) is 0 Å². The van der Waals surface area contributed by atoms with Crippen LogP contribution < -0.4 is 0 Å². The molecular formula is C14H23F3O2. The van der Waals surface area contributed by atoms with Gasteiger partial charge in [-0.25, -0.2) is 4.79 Å². The number of allylic oxidation sites excluding steroid dienone is 1. The molecule has 0 N–H and O–H groups in total. The zero-order valence-corrected chi connectivity index (χ0v) is 11.7. The molecule has 0 saturated heterocycles. The molecule has 5 heteroatoms. The van der Waals surface area contributed by atoms with Crippen LogP contribution in [0.3, 0.4) is 0 Å². The number of hydrogen-bond acceptors (Lipinski definition) is 2. The van der Waals surface area contributed by atoms with Crippen LogP contribution in [0, 0.1) is 0 Å². The summed E-state index contributed by atoms with van der Waals surface area (Å²) in [6.45, 7) is 3.45. The molecule has 19 heavy (non-hydrogen) atoms. The van der Waals surface area contributed by atoms with Crippen molar-refractivity contribution in [1.82, 2.24) is 0 Å². The Morgan fingerprint density at radius 1 is 1.05 bits per heavy atom. The van der Waals surface area contributed by atoms with Crippen molar-refractivity contribution in [3.63, 3.8) is 0 Å². The lowest BCUT2D eigenvalue weighted by atomic mass is 10.1. The third-order valence-electron chi connectivity index (χ3n) is 2.68. The molecule has 2 nitrogen and oxygen atoms in total. The molecule has 112 valence electrons. The maximum Gasteiger partial charge on any atom is 0.410 e. The second kappa shape index (κ2) is 9.87. The van der Waals surface area contributed by atoms with Crippen LogP contribution >= 0.6 is 0 Å². The van der Waals surface area contributed by atoms with Crippen LogP contribution in [0.2, 0.25) is 0 Å². The molecule has 0 heterocycles. The third kappa shape index (κ3) is 11.8. The van der Waals surface area contributed by atoms with Crippen molar-refractivity contribution in [1.29, 1.82) is 0 Å². The van der Waals surface area contributed by atoms with Gasteiger partial charge in [-0.2, -0.15) is 13.2 Å². The third-order valence-corrected chi connectivity index (χ3v) is 2.68. The van der Waals surface area contributed by atoms with Gasteiger partial charge >= 0.3 is 12.1 Å². The number of carbonyl (C=O) groups excluding carboxylic acids is 1. The zero-order valence-electron chi connectivity index (χ0n) is 11.7. The molecular weight excluding hydrogens is 257 g/mol. The fourth-order valence-corrected chi connectivity index (χ4v) is 1.64. The average Bonchev–Trinajstić information content (AvgIpc) is 2.30. The normalized spacial score (nSPS) is 12.6. The predicted octanol–water partition coefficient (Wildman–Crippen LogP) is 4.79. The van der Waals surface area contributed by atoms with Crippen molar-refractivity contribution in [2.45, 2.75) is 65.0 Å². The van der Waals surface area contributed by atoms with E-state index in [1.54, 1.807) is 0 Å². The molecule has 0 atom stereocenters. The minimum absolute atomic E-state index is 0.0277. The van der Waals surface area contributed by atoms with E-state index in [-0.39, 0.29) is 12.7 Å². The number of ether oxygens (including phenoxy) is 1. The molecule has 0 aromatic carbocycles. The van der Waals surface area contributed by atoms with Crippen molar-refractivity contribution in [2.75, 3.05) is 6.61 Å². The number of rotatable bonds is 9. The number of esters is 1. The summed E-state index contributed by atoms with van der Waals surface area (Å²) in [7, 11) is 0. The molecule has 0 radical (unpaired) electrons. The van der Waals surface area contributed by atoms with E-state index in [2.05, 4.69) is 6.92 Å². The Morgan fingerprint density at radius 3 is 2.11 bits per heavy atom. The average molecular weight is 280 g/mol. The minimum atomic E-state index is -4.47. The molecule has 0 aliphatic carbocycles. The summed E-state index contributed by atoms with van der Waals surface area (Å²) in [4.78, 5) is 11.2. The van der Waals surface area contributed by atoms with Crippen molar-refractivity contribution in [2.24, 2.45) is 0 Å². The summed E-state index contributed by atoms with van der Waals surface area (Å²) in [6.07, 6.45) is 3.03. The topological polar surface area (TPSA) is 26.3 Å². The first-order valence-electron chi connectivity index (χ1n) is 6.80. The van der Waals surface area contributed by atoms with Gasteiger partial charge in [0.1, 0.15) is 0 Å². The summed E-state index contributed by atoms with van der Waals surface area (Å²) in [5, 5.41) is 0. The van der Waals surface area contributed by atoms with Gasteiger partial charge in [0.25, 0.3) is 0 Å². The maximum atomic E-state index is 12.0. The van der Waals surface area contributed by atoms with Crippen LogP contribution in [0.4, 0.5) is 13.2 Å². The Balaban J connectivity index is 3.62. The number of unbranched alkanes of at least 4 members (excludes halogenated alkanes) is 6. The number of hydrogen-bond donors (Lipinski definition) is 0. The Bertz CT molecular complexity index is 283. The largest absolute Gasteiger partial charge is 0.462 e. The number of alkyl halides is 3. The van der Waals surface area contributed by atoms with E-state index in [4.69, 9.17) is 4.74 Å². The van der Waals surface area contributed by atoms with Crippen LogP contribution in [0.1, 0.15) is 58.8 Å². The van der Waals surface area contributed by atoms with E-state index in [1.165, 1.54) is 19.3 Å².